The average Bonchev–Trinajstić information content (AvgIpc) is 3.07. The topological polar surface area (TPSA) is 52.7 Å². The van der Waals surface area contributed by atoms with Crippen LogP contribution in [0, 0.1) is 10.7 Å². The van der Waals surface area contributed by atoms with Crippen LogP contribution in [0.3, 0.4) is 0 Å². The first-order valence-electron chi connectivity index (χ1n) is 8.88. The summed E-state index contributed by atoms with van der Waals surface area (Å²) in [6.07, 6.45) is 0.876. The molecule has 0 amide bonds. The molecule has 2 aromatic carbocycles. The van der Waals surface area contributed by atoms with Crippen LogP contribution in [0.4, 0.5) is 4.39 Å². The maximum absolute atomic E-state index is 14.0. The third-order valence-corrected chi connectivity index (χ3v) is 5.14. The number of hydrogen-bond acceptors (Lipinski definition) is 6. The highest BCUT2D eigenvalue weighted by Gasteiger charge is 2.21. The Labute approximate surface area is 167 Å². The fraction of sp³-hybridized carbons (Fsp3) is 0.300. The maximum Gasteiger partial charge on any atom is 0.288 e. The molecule has 0 saturated carbocycles. The number of methoxy groups -OCH3 is 2. The molecule has 2 heterocycles. The molecule has 0 unspecified atom stereocenters. The minimum atomic E-state index is -0.390. The van der Waals surface area contributed by atoms with Gasteiger partial charge in [-0.15, -0.1) is 5.10 Å². The van der Waals surface area contributed by atoms with Crippen molar-refractivity contribution in [2.24, 2.45) is 0 Å². The van der Waals surface area contributed by atoms with E-state index in [2.05, 4.69) is 10.00 Å². The van der Waals surface area contributed by atoms with Gasteiger partial charge in [-0.1, -0.05) is 12.1 Å². The normalized spacial score (nSPS) is 14.0. The molecule has 8 heteroatoms. The number of nitrogens with zero attached hydrogens (tertiary/aromatic N) is 3. The largest absolute Gasteiger partial charge is 0.493 e. The van der Waals surface area contributed by atoms with E-state index in [0.717, 1.165) is 25.3 Å². The fourth-order valence-corrected chi connectivity index (χ4v) is 3.57. The Balaban J connectivity index is 1.55. The lowest BCUT2D eigenvalue weighted by Gasteiger charge is -2.29. The SMILES string of the molecule is COc1cc2c(cc1OC)CN(Cn1nc(-c3ccccc3F)oc1=S)CC2. The number of aromatic nitrogens is 2. The van der Waals surface area contributed by atoms with E-state index in [1.165, 1.54) is 17.2 Å². The summed E-state index contributed by atoms with van der Waals surface area (Å²) in [7, 11) is 3.27. The molecule has 146 valence electrons. The summed E-state index contributed by atoms with van der Waals surface area (Å²) in [5.41, 5.74) is 2.71. The van der Waals surface area contributed by atoms with Gasteiger partial charge in [0.1, 0.15) is 5.82 Å². The summed E-state index contributed by atoms with van der Waals surface area (Å²) >= 11 is 5.28. The van der Waals surface area contributed by atoms with Gasteiger partial charge < -0.3 is 13.9 Å². The van der Waals surface area contributed by atoms with Gasteiger partial charge in [-0.05, 0) is 54.0 Å². The molecule has 1 aromatic heterocycles. The van der Waals surface area contributed by atoms with Gasteiger partial charge in [-0.25, -0.2) is 9.07 Å². The van der Waals surface area contributed by atoms with Crippen molar-refractivity contribution in [3.05, 3.63) is 58.2 Å². The van der Waals surface area contributed by atoms with Crippen molar-refractivity contribution in [2.75, 3.05) is 20.8 Å². The molecular weight excluding hydrogens is 381 g/mol. The van der Waals surface area contributed by atoms with Crippen LogP contribution in [-0.2, 0) is 19.6 Å². The van der Waals surface area contributed by atoms with Gasteiger partial charge in [-0.3, -0.25) is 4.90 Å². The van der Waals surface area contributed by atoms with Crippen LogP contribution < -0.4 is 9.47 Å². The summed E-state index contributed by atoms with van der Waals surface area (Å²) in [5.74, 6) is 1.25. The van der Waals surface area contributed by atoms with Crippen LogP contribution >= 0.6 is 12.2 Å². The van der Waals surface area contributed by atoms with Gasteiger partial charge in [0.05, 0.1) is 26.5 Å². The highest BCUT2D eigenvalue weighted by Crippen LogP contribution is 2.33. The number of benzene rings is 2. The molecule has 0 radical (unpaired) electrons. The standard InChI is InChI=1S/C20H20FN3O3S/c1-25-17-9-13-7-8-23(11-14(13)10-18(17)26-2)12-24-20(28)27-19(22-24)15-5-3-4-6-16(15)21/h3-6,9-10H,7-8,11-12H2,1-2H3. The van der Waals surface area contributed by atoms with Crippen LogP contribution in [0.5, 0.6) is 11.5 Å². The molecule has 0 saturated heterocycles. The van der Waals surface area contributed by atoms with E-state index >= 15 is 0 Å². The predicted octanol–water partition coefficient (Wildman–Crippen LogP) is 4.04. The summed E-state index contributed by atoms with van der Waals surface area (Å²) in [5, 5.41) is 4.37. The number of hydrogen-bond donors (Lipinski definition) is 0. The number of rotatable bonds is 5. The second-order valence-corrected chi connectivity index (χ2v) is 6.92. The zero-order valence-electron chi connectivity index (χ0n) is 15.6. The van der Waals surface area contributed by atoms with Gasteiger partial charge in [0.15, 0.2) is 11.5 Å². The van der Waals surface area contributed by atoms with Crippen LogP contribution in [0.1, 0.15) is 11.1 Å². The molecule has 1 aliphatic heterocycles. The van der Waals surface area contributed by atoms with Crippen molar-refractivity contribution in [2.45, 2.75) is 19.6 Å². The van der Waals surface area contributed by atoms with Crippen LogP contribution in [-0.4, -0.2) is 35.4 Å². The number of fused-ring (bicyclic) bond motifs is 1. The third-order valence-electron chi connectivity index (χ3n) is 4.84. The van der Waals surface area contributed by atoms with Crippen LogP contribution in [0.15, 0.2) is 40.8 Å². The van der Waals surface area contributed by atoms with Gasteiger partial charge in [0.25, 0.3) is 4.84 Å². The first-order valence-corrected chi connectivity index (χ1v) is 9.29. The van der Waals surface area contributed by atoms with Gasteiger partial charge in [0, 0.05) is 13.1 Å². The first-order chi connectivity index (χ1) is 13.6. The highest BCUT2D eigenvalue weighted by atomic mass is 32.1. The number of ether oxygens (including phenoxy) is 2. The zero-order chi connectivity index (χ0) is 19.7. The molecule has 28 heavy (non-hydrogen) atoms. The maximum atomic E-state index is 14.0. The molecule has 0 bridgehead atoms. The molecule has 1 aliphatic rings. The molecule has 6 nitrogen and oxygen atoms in total. The van der Waals surface area contributed by atoms with Crippen LogP contribution in [0.2, 0.25) is 0 Å². The summed E-state index contributed by atoms with van der Waals surface area (Å²) in [6, 6.07) is 10.4. The van der Waals surface area contributed by atoms with E-state index in [-0.39, 0.29) is 16.5 Å². The van der Waals surface area contributed by atoms with Crippen molar-refractivity contribution in [3.63, 3.8) is 0 Å². The lowest BCUT2D eigenvalue weighted by Crippen LogP contribution is -2.32. The van der Waals surface area contributed by atoms with E-state index in [4.69, 9.17) is 26.1 Å². The van der Waals surface area contributed by atoms with Crippen molar-refractivity contribution in [1.29, 1.82) is 0 Å². The molecular formula is C20H20FN3O3S. The Morgan fingerprint density at radius 2 is 1.86 bits per heavy atom. The molecule has 4 rings (SSSR count). The van der Waals surface area contributed by atoms with E-state index in [0.29, 0.717) is 18.0 Å². The van der Waals surface area contributed by atoms with Crippen molar-refractivity contribution in [3.8, 4) is 23.0 Å². The van der Waals surface area contributed by atoms with Crippen molar-refractivity contribution in [1.82, 2.24) is 14.7 Å². The average molecular weight is 401 g/mol. The Morgan fingerprint density at radius 1 is 1.14 bits per heavy atom. The number of halogens is 1. The third kappa shape index (κ3) is 3.53. The molecule has 0 atom stereocenters. The van der Waals surface area contributed by atoms with E-state index in [9.17, 15) is 4.39 Å². The Bertz CT molecular complexity index is 1060. The fourth-order valence-electron chi connectivity index (χ4n) is 3.39. The summed E-state index contributed by atoms with van der Waals surface area (Å²) in [4.78, 5) is 2.42. The van der Waals surface area contributed by atoms with Crippen molar-refractivity contribution >= 4 is 12.2 Å². The molecule has 0 N–H and O–H groups in total. The van der Waals surface area contributed by atoms with Crippen molar-refractivity contribution < 1.29 is 18.3 Å². The van der Waals surface area contributed by atoms with Crippen LogP contribution in [0.25, 0.3) is 11.5 Å². The van der Waals surface area contributed by atoms with E-state index < -0.39 is 0 Å². The Hall–Kier alpha value is -2.71. The molecule has 0 fully saturated rings. The molecule has 0 spiro atoms. The minimum Gasteiger partial charge on any atom is -0.493 e. The lowest BCUT2D eigenvalue weighted by atomic mass is 9.99. The van der Waals surface area contributed by atoms with Gasteiger partial charge >= 0.3 is 0 Å². The Morgan fingerprint density at radius 3 is 2.57 bits per heavy atom. The van der Waals surface area contributed by atoms with Gasteiger partial charge in [0.2, 0.25) is 5.89 Å². The quantitative estimate of drug-likeness (QED) is 0.602. The smallest absolute Gasteiger partial charge is 0.288 e. The minimum absolute atomic E-state index is 0.187. The van der Waals surface area contributed by atoms with E-state index in [1.807, 2.05) is 12.1 Å². The second-order valence-electron chi connectivity index (χ2n) is 6.57. The van der Waals surface area contributed by atoms with E-state index in [1.54, 1.807) is 37.1 Å². The zero-order valence-corrected chi connectivity index (χ0v) is 16.5. The highest BCUT2D eigenvalue weighted by molar-refractivity contribution is 7.71. The lowest BCUT2D eigenvalue weighted by molar-refractivity contribution is 0.185. The monoisotopic (exact) mass is 401 g/mol. The molecule has 0 aliphatic carbocycles. The Kier molecular flexibility index (Phi) is 5.15. The second kappa shape index (κ2) is 7.73. The van der Waals surface area contributed by atoms with Gasteiger partial charge in [-0.2, -0.15) is 0 Å². The molecule has 3 aromatic rings. The summed E-state index contributed by atoms with van der Waals surface area (Å²) in [6.45, 7) is 2.02. The predicted molar refractivity (Wildman–Crippen MR) is 104 cm³/mol. The first kappa shape index (κ1) is 18.6. The summed E-state index contributed by atoms with van der Waals surface area (Å²) < 4.78 is 31.9.